The first-order valence-corrected chi connectivity index (χ1v) is 8.99. The predicted octanol–water partition coefficient (Wildman–Crippen LogP) is 3.04. The topological polar surface area (TPSA) is 88.3 Å². The molecule has 0 radical (unpaired) electrons. The summed E-state index contributed by atoms with van der Waals surface area (Å²) in [4.78, 5) is 14.7. The number of halogens is 1. The maximum absolute atomic E-state index is 13.6. The second kappa shape index (κ2) is 6.56. The summed E-state index contributed by atoms with van der Waals surface area (Å²) in [5, 5.41) is 0.247. The number of hydrogen-bond donors (Lipinski definition) is 2. The Kier molecular flexibility index (Phi) is 4.45. The molecule has 0 unspecified atom stereocenters. The fourth-order valence-corrected chi connectivity index (χ4v) is 3.74. The van der Waals surface area contributed by atoms with Crippen LogP contribution in [0.4, 0.5) is 10.1 Å². The molecule has 0 aliphatic carbocycles. The van der Waals surface area contributed by atoms with Crippen LogP contribution in [0.5, 0.6) is 0 Å². The van der Waals surface area contributed by atoms with Crippen LogP contribution in [0, 0.1) is 5.82 Å². The molecule has 3 rings (SSSR count). The van der Waals surface area contributed by atoms with Gasteiger partial charge in [0.25, 0.3) is 0 Å². The summed E-state index contributed by atoms with van der Waals surface area (Å²) < 4.78 is 45.6. The number of sulfonamides is 1. The molecule has 1 aromatic heterocycles. The van der Waals surface area contributed by atoms with E-state index in [0.29, 0.717) is 11.1 Å². The summed E-state index contributed by atoms with van der Waals surface area (Å²) in [6, 6.07) is 12.4. The Morgan fingerprint density at radius 1 is 1.20 bits per heavy atom. The van der Waals surface area contributed by atoms with Crippen LogP contribution in [0.3, 0.4) is 0 Å². The number of rotatable bonds is 5. The van der Waals surface area contributed by atoms with Gasteiger partial charge in [0.15, 0.2) is 5.69 Å². The Balaban J connectivity index is 2.04. The van der Waals surface area contributed by atoms with Crippen molar-refractivity contribution in [3.63, 3.8) is 0 Å². The average molecular weight is 362 g/mol. The number of carbonyl (C=O) groups is 1. The summed E-state index contributed by atoms with van der Waals surface area (Å²) in [6.07, 6.45) is 0. The molecule has 2 N–H and O–H groups in total. The third kappa shape index (κ3) is 3.63. The van der Waals surface area contributed by atoms with Crippen LogP contribution in [0.25, 0.3) is 10.9 Å². The molecule has 0 atom stereocenters. The Bertz CT molecular complexity index is 1030. The summed E-state index contributed by atoms with van der Waals surface area (Å²) in [5.74, 6) is -1.59. The minimum absolute atomic E-state index is 0.0303. The number of nitrogens with one attached hydrogen (secondary N) is 2. The lowest BCUT2D eigenvalue weighted by atomic mass is 10.2. The third-order valence-corrected chi connectivity index (χ3v) is 4.84. The van der Waals surface area contributed by atoms with Gasteiger partial charge in [0.1, 0.15) is 5.82 Å². The molecule has 0 aliphatic heterocycles. The maximum atomic E-state index is 13.6. The van der Waals surface area contributed by atoms with E-state index in [-0.39, 0.29) is 22.5 Å². The molecule has 1 heterocycles. The number of hydrogen-bond acceptors (Lipinski definition) is 4. The monoisotopic (exact) mass is 362 g/mol. The van der Waals surface area contributed by atoms with E-state index in [9.17, 15) is 17.6 Å². The number of aromatic amines is 1. The lowest BCUT2D eigenvalue weighted by Gasteiger charge is -2.09. The van der Waals surface area contributed by atoms with Crippen molar-refractivity contribution in [1.29, 1.82) is 0 Å². The number of carbonyl (C=O) groups excluding carboxylic acids is 1. The maximum Gasteiger partial charge on any atom is 0.356 e. The number of esters is 1. The summed E-state index contributed by atoms with van der Waals surface area (Å²) in [7, 11) is -2.65. The van der Waals surface area contributed by atoms with Crippen LogP contribution in [0.1, 0.15) is 16.1 Å². The van der Waals surface area contributed by atoms with Gasteiger partial charge in [0.2, 0.25) is 10.0 Å². The van der Waals surface area contributed by atoms with Crippen LogP contribution in [0.2, 0.25) is 0 Å². The lowest BCUT2D eigenvalue weighted by Crippen LogP contribution is -2.17. The van der Waals surface area contributed by atoms with Gasteiger partial charge in [-0.3, -0.25) is 4.72 Å². The van der Waals surface area contributed by atoms with Gasteiger partial charge in [-0.05, 0) is 23.8 Å². The largest absolute Gasteiger partial charge is 0.464 e. The van der Waals surface area contributed by atoms with Crippen molar-refractivity contribution in [3.8, 4) is 0 Å². The summed E-state index contributed by atoms with van der Waals surface area (Å²) in [5.41, 5.74) is 0.886. The van der Waals surface area contributed by atoms with Gasteiger partial charge < -0.3 is 9.72 Å². The Morgan fingerprint density at radius 2 is 1.92 bits per heavy atom. The Hall–Kier alpha value is -2.87. The summed E-state index contributed by atoms with van der Waals surface area (Å²) >= 11 is 0. The molecule has 2 aromatic carbocycles. The first-order chi connectivity index (χ1) is 11.9. The Labute approximate surface area is 143 Å². The molecule has 25 heavy (non-hydrogen) atoms. The third-order valence-electron chi connectivity index (χ3n) is 3.61. The highest BCUT2D eigenvalue weighted by Crippen LogP contribution is 2.30. The predicted molar refractivity (Wildman–Crippen MR) is 92.3 cm³/mol. The molecule has 0 saturated carbocycles. The molecule has 0 bridgehead atoms. The average Bonchev–Trinajstić information content (AvgIpc) is 2.92. The van der Waals surface area contributed by atoms with Crippen molar-refractivity contribution in [2.45, 2.75) is 5.75 Å². The number of methoxy groups -OCH3 is 1. The van der Waals surface area contributed by atoms with Gasteiger partial charge in [-0.1, -0.05) is 30.3 Å². The molecule has 130 valence electrons. The quantitative estimate of drug-likeness (QED) is 0.683. The minimum atomic E-state index is -3.83. The standard InChI is InChI=1S/C17H15FN2O4S/c1-24-17(21)16-15(13-9-12(18)7-8-14(13)19-16)20-25(22,23)10-11-5-3-2-4-6-11/h2-9,19-20H,10H2,1H3. The molecule has 3 aromatic rings. The fraction of sp³-hybridized carbons (Fsp3) is 0.118. The van der Waals surface area contributed by atoms with E-state index < -0.39 is 21.8 Å². The van der Waals surface area contributed by atoms with Crippen LogP contribution in [-0.2, 0) is 20.5 Å². The molecule has 0 spiro atoms. The zero-order valence-electron chi connectivity index (χ0n) is 13.2. The van der Waals surface area contributed by atoms with Crippen molar-refractivity contribution in [1.82, 2.24) is 4.98 Å². The van der Waals surface area contributed by atoms with Gasteiger partial charge in [-0.2, -0.15) is 0 Å². The molecule has 0 saturated heterocycles. The van der Waals surface area contributed by atoms with Gasteiger partial charge in [0, 0.05) is 10.9 Å². The second-order valence-electron chi connectivity index (χ2n) is 5.40. The number of fused-ring (bicyclic) bond motifs is 1. The van der Waals surface area contributed by atoms with Crippen molar-refractivity contribution in [2.24, 2.45) is 0 Å². The first-order valence-electron chi connectivity index (χ1n) is 7.33. The molecule has 0 aliphatic rings. The first kappa shape index (κ1) is 17.0. The molecular weight excluding hydrogens is 347 g/mol. The van der Waals surface area contributed by atoms with E-state index in [1.54, 1.807) is 30.3 Å². The van der Waals surface area contributed by atoms with Crippen molar-refractivity contribution in [2.75, 3.05) is 11.8 Å². The molecule has 0 fully saturated rings. The van der Waals surface area contributed by atoms with Crippen LogP contribution in [-0.4, -0.2) is 26.5 Å². The van der Waals surface area contributed by atoms with Gasteiger partial charge >= 0.3 is 5.97 Å². The molecular formula is C17H15FN2O4S. The lowest BCUT2D eigenvalue weighted by molar-refractivity contribution is 0.0596. The highest BCUT2D eigenvalue weighted by Gasteiger charge is 2.23. The molecule has 0 amide bonds. The SMILES string of the molecule is COC(=O)c1[nH]c2ccc(F)cc2c1NS(=O)(=O)Cc1ccccc1. The molecule has 6 nitrogen and oxygen atoms in total. The zero-order valence-corrected chi connectivity index (χ0v) is 14.1. The molecule has 8 heteroatoms. The van der Waals surface area contributed by atoms with E-state index >= 15 is 0 Å². The minimum Gasteiger partial charge on any atom is -0.464 e. The van der Waals surface area contributed by atoms with E-state index in [1.165, 1.54) is 19.2 Å². The second-order valence-corrected chi connectivity index (χ2v) is 7.13. The van der Waals surface area contributed by atoms with Gasteiger partial charge in [0.05, 0.1) is 18.6 Å². The Morgan fingerprint density at radius 3 is 2.60 bits per heavy atom. The number of aromatic nitrogens is 1. The van der Waals surface area contributed by atoms with Crippen molar-refractivity contribution < 1.29 is 22.3 Å². The number of benzene rings is 2. The van der Waals surface area contributed by atoms with Crippen molar-refractivity contribution >= 4 is 32.6 Å². The van der Waals surface area contributed by atoms with Crippen LogP contribution in [0.15, 0.2) is 48.5 Å². The fourth-order valence-electron chi connectivity index (χ4n) is 2.51. The number of ether oxygens (including phenoxy) is 1. The normalized spacial score (nSPS) is 11.4. The summed E-state index contributed by atoms with van der Waals surface area (Å²) in [6.45, 7) is 0. The van der Waals surface area contributed by atoms with E-state index in [1.807, 2.05) is 0 Å². The van der Waals surface area contributed by atoms with Crippen molar-refractivity contribution in [3.05, 3.63) is 65.6 Å². The van der Waals surface area contributed by atoms with E-state index in [2.05, 4.69) is 14.4 Å². The smallest absolute Gasteiger partial charge is 0.356 e. The van der Waals surface area contributed by atoms with Crippen LogP contribution < -0.4 is 4.72 Å². The van der Waals surface area contributed by atoms with E-state index in [4.69, 9.17) is 0 Å². The van der Waals surface area contributed by atoms with Gasteiger partial charge in [-0.15, -0.1) is 0 Å². The van der Waals surface area contributed by atoms with Crippen LogP contribution >= 0.6 is 0 Å². The van der Waals surface area contributed by atoms with E-state index in [0.717, 1.165) is 6.07 Å². The highest BCUT2D eigenvalue weighted by atomic mass is 32.2. The number of anilines is 1. The zero-order chi connectivity index (χ0) is 18.0. The number of H-pyrrole nitrogens is 1. The highest BCUT2D eigenvalue weighted by molar-refractivity contribution is 7.92. The van der Waals surface area contributed by atoms with Gasteiger partial charge in [-0.25, -0.2) is 17.6 Å².